The maximum Gasteiger partial charge on any atom is 0.0152 e. The van der Waals surface area contributed by atoms with Gasteiger partial charge in [0.15, 0.2) is 0 Å². The number of hydrogen-bond donors (Lipinski definition) is 1. The summed E-state index contributed by atoms with van der Waals surface area (Å²) in [4.78, 5) is 2.86. The van der Waals surface area contributed by atoms with Crippen molar-refractivity contribution in [2.24, 2.45) is 11.8 Å². The van der Waals surface area contributed by atoms with Crippen LogP contribution in [0.1, 0.15) is 52.4 Å². The number of nitrogens with one attached hydrogen (secondary N) is 1. The monoisotopic (exact) mass is 236 g/mol. The summed E-state index contributed by atoms with van der Waals surface area (Å²) in [5, 5.41) is 3.70. The quantitative estimate of drug-likeness (QED) is 0.810. The van der Waals surface area contributed by atoms with E-state index < -0.39 is 0 Å². The van der Waals surface area contributed by atoms with Crippen molar-refractivity contribution in [1.29, 1.82) is 0 Å². The SMILES string of the molecule is CC1CCN(C(C2CC2)C2CC2)CCC(C)N1. The van der Waals surface area contributed by atoms with Crippen molar-refractivity contribution < 1.29 is 0 Å². The van der Waals surface area contributed by atoms with Gasteiger partial charge in [-0.15, -0.1) is 0 Å². The molecular formula is C15H28N2. The highest BCUT2D eigenvalue weighted by Gasteiger charge is 2.44. The van der Waals surface area contributed by atoms with E-state index >= 15 is 0 Å². The van der Waals surface area contributed by atoms with Crippen molar-refractivity contribution >= 4 is 0 Å². The van der Waals surface area contributed by atoms with Crippen LogP contribution >= 0.6 is 0 Å². The maximum absolute atomic E-state index is 3.70. The molecule has 0 aromatic carbocycles. The first-order valence-corrected chi connectivity index (χ1v) is 7.74. The minimum Gasteiger partial charge on any atom is -0.312 e. The molecule has 3 aliphatic rings. The van der Waals surface area contributed by atoms with Gasteiger partial charge >= 0.3 is 0 Å². The molecule has 0 bridgehead atoms. The van der Waals surface area contributed by atoms with Crippen LogP contribution < -0.4 is 5.32 Å². The second kappa shape index (κ2) is 4.89. The molecule has 0 aromatic rings. The predicted octanol–water partition coefficient (Wildman–Crippen LogP) is 2.64. The van der Waals surface area contributed by atoms with Gasteiger partial charge in [0.2, 0.25) is 0 Å². The van der Waals surface area contributed by atoms with E-state index in [1.54, 1.807) is 0 Å². The van der Waals surface area contributed by atoms with Gasteiger partial charge in [-0.1, -0.05) is 0 Å². The van der Waals surface area contributed by atoms with Gasteiger partial charge in [-0.3, -0.25) is 4.90 Å². The van der Waals surface area contributed by atoms with E-state index in [4.69, 9.17) is 0 Å². The summed E-state index contributed by atoms with van der Waals surface area (Å²) in [5.41, 5.74) is 0. The topological polar surface area (TPSA) is 15.3 Å². The van der Waals surface area contributed by atoms with E-state index in [0.29, 0.717) is 12.1 Å². The number of rotatable bonds is 3. The van der Waals surface area contributed by atoms with E-state index in [9.17, 15) is 0 Å². The molecule has 1 saturated heterocycles. The first-order valence-electron chi connectivity index (χ1n) is 7.74. The number of nitrogens with zero attached hydrogens (tertiary/aromatic N) is 1. The highest BCUT2D eigenvalue weighted by Crippen LogP contribution is 2.47. The molecule has 0 radical (unpaired) electrons. The van der Waals surface area contributed by atoms with Crippen molar-refractivity contribution in [3.8, 4) is 0 Å². The lowest BCUT2D eigenvalue weighted by Gasteiger charge is -2.36. The third-order valence-electron chi connectivity index (χ3n) is 4.90. The zero-order valence-electron chi connectivity index (χ0n) is 11.5. The highest BCUT2D eigenvalue weighted by atomic mass is 15.2. The Morgan fingerprint density at radius 1 is 0.824 bits per heavy atom. The molecule has 0 amide bonds. The van der Waals surface area contributed by atoms with Gasteiger partial charge < -0.3 is 5.32 Å². The van der Waals surface area contributed by atoms with Crippen molar-refractivity contribution in [1.82, 2.24) is 10.2 Å². The average Bonchev–Trinajstić information content (AvgIpc) is 3.12. The Morgan fingerprint density at radius 2 is 1.29 bits per heavy atom. The summed E-state index contributed by atoms with van der Waals surface area (Å²) in [6, 6.07) is 2.37. The molecule has 2 aliphatic carbocycles. The van der Waals surface area contributed by atoms with Crippen LogP contribution in [0, 0.1) is 11.8 Å². The third kappa shape index (κ3) is 3.03. The molecule has 1 aliphatic heterocycles. The zero-order valence-corrected chi connectivity index (χ0v) is 11.5. The molecule has 2 unspecified atom stereocenters. The molecule has 0 aromatic heterocycles. The molecule has 98 valence electrons. The maximum atomic E-state index is 3.70. The van der Waals surface area contributed by atoms with Gasteiger partial charge in [0.1, 0.15) is 0 Å². The number of hydrogen-bond acceptors (Lipinski definition) is 2. The van der Waals surface area contributed by atoms with Crippen molar-refractivity contribution in [2.75, 3.05) is 13.1 Å². The molecule has 2 saturated carbocycles. The van der Waals surface area contributed by atoms with Crippen LogP contribution in [-0.4, -0.2) is 36.1 Å². The van der Waals surface area contributed by atoms with Crippen LogP contribution in [0.3, 0.4) is 0 Å². The van der Waals surface area contributed by atoms with E-state index in [1.807, 2.05) is 0 Å². The average molecular weight is 236 g/mol. The van der Waals surface area contributed by atoms with Gasteiger partial charge in [0.05, 0.1) is 0 Å². The molecule has 0 spiro atoms. The lowest BCUT2D eigenvalue weighted by Crippen LogP contribution is -2.47. The van der Waals surface area contributed by atoms with Gasteiger partial charge in [0, 0.05) is 18.1 Å². The van der Waals surface area contributed by atoms with E-state index in [0.717, 1.165) is 17.9 Å². The summed E-state index contributed by atoms with van der Waals surface area (Å²) >= 11 is 0. The molecule has 1 heterocycles. The van der Waals surface area contributed by atoms with Gasteiger partial charge in [-0.25, -0.2) is 0 Å². The van der Waals surface area contributed by atoms with Crippen LogP contribution in [0.5, 0.6) is 0 Å². The first-order chi connectivity index (χ1) is 8.24. The Morgan fingerprint density at radius 3 is 1.71 bits per heavy atom. The summed E-state index contributed by atoms with van der Waals surface area (Å²) in [7, 11) is 0. The third-order valence-corrected chi connectivity index (χ3v) is 4.90. The van der Waals surface area contributed by atoms with Crippen LogP contribution in [-0.2, 0) is 0 Å². The fourth-order valence-corrected chi connectivity index (χ4v) is 3.64. The first kappa shape index (κ1) is 12.0. The Kier molecular flexibility index (Phi) is 3.45. The summed E-state index contributed by atoms with van der Waals surface area (Å²) in [5.74, 6) is 2.14. The molecule has 1 N–H and O–H groups in total. The van der Waals surface area contributed by atoms with Crippen molar-refractivity contribution in [3.05, 3.63) is 0 Å². The smallest absolute Gasteiger partial charge is 0.0152 e. The summed E-state index contributed by atoms with van der Waals surface area (Å²) in [6.45, 7) is 7.36. The Labute approximate surface area is 106 Å². The Balaban J connectivity index is 1.63. The zero-order chi connectivity index (χ0) is 11.8. The fraction of sp³-hybridized carbons (Fsp3) is 1.00. The van der Waals surface area contributed by atoms with E-state index in [1.165, 1.54) is 51.6 Å². The van der Waals surface area contributed by atoms with Gasteiger partial charge in [0.25, 0.3) is 0 Å². The predicted molar refractivity (Wildman–Crippen MR) is 72.1 cm³/mol. The summed E-state index contributed by atoms with van der Waals surface area (Å²) in [6.07, 6.45) is 8.73. The second-order valence-electron chi connectivity index (χ2n) is 6.75. The van der Waals surface area contributed by atoms with Gasteiger partial charge in [-0.2, -0.15) is 0 Å². The van der Waals surface area contributed by atoms with Crippen LogP contribution in [0.2, 0.25) is 0 Å². The largest absolute Gasteiger partial charge is 0.312 e. The second-order valence-corrected chi connectivity index (χ2v) is 6.75. The lowest BCUT2D eigenvalue weighted by molar-refractivity contribution is 0.130. The minimum atomic E-state index is 0.701. The van der Waals surface area contributed by atoms with E-state index in [2.05, 4.69) is 24.1 Å². The van der Waals surface area contributed by atoms with Crippen LogP contribution in [0.25, 0.3) is 0 Å². The lowest BCUT2D eigenvalue weighted by atomic mass is 10.0. The molecule has 2 heteroatoms. The Bertz CT molecular complexity index is 234. The molecule has 3 fully saturated rings. The standard InChI is InChI=1S/C15H28N2/c1-11-7-9-17(10-8-12(2)16-11)15(13-3-4-13)14-5-6-14/h11-16H,3-10H2,1-2H3. The van der Waals surface area contributed by atoms with Crippen molar-refractivity contribution in [3.63, 3.8) is 0 Å². The molecule has 3 rings (SSSR count). The molecule has 2 atom stereocenters. The molecule has 2 nitrogen and oxygen atoms in total. The minimum absolute atomic E-state index is 0.701. The highest BCUT2D eigenvalue weighted by molar-refractivity contribution is 4.98. The summed E-state index contributed by atoms with van der Waals surface area (Å²) < 4.78 is 0. The molecular weight excluding hydrogens is 208 g/mol. The normalized spacial score (nSPS) is 36.9. The van der Waals surface area contributed by atoms with Crippen LogP contribution in [0.15, 0.2) is 0 Å². The van der Waals surface area contributed by atoms with Crippen molar-refractivity contribution in [2.45, 2.75) is 70.5 Å². The van der Waals surface area contributed by atoms with Crippen LogP contribution in [0.4, 0.5) is 0 Å². The van der Waals surface area contributed by atoms with Gasteiger partial charge in [-0.05, 0) is 77.3 Å². The van der Waals surface area contributed by atoms with E-state index in [-0.39, 0.29) is 0 Å². The fourth-order valence-electron chi connectivity index (χ4n) is 3.64. The Hall–Kier alpha value is -0.0800. The molecule has 17 heavy (non-hydrogen) atoms.